The van der Waals surface area contributed by atoms with Crippen LogP contribution in [-0.2, 0) is 9.47 Å². The minimum Gasteiger partial charge on any atom is -0.493 e. The van der Waals surface area contributed by atoms with Gasteiger partial charge in [-0.2, -0.15) is 0 Å². The summed E-state index contributed by atoms with van der Waals surface area (Å²) in [6.07, 6.45) is 0.378. The fourth-order valence-electron chi connectivity index (χ4n) is 1.80. The quantitative estimate of drug-likeness (QED) is 0.546. The summed E-state index contributed by atoms with van der Waals surface area (Å²) >= 11 is 11.8. The highest BCUT2D eigenvalue weighted by Gasteiger charge is 2.14. The Bertz CT molecular complexity index is 524. The molecule has 0 saturated heterocycles. The van der Waals surface area contributed by atoms with Gasteiger partial charge in [0.15, 0.2) is 6.29 Å². The third-order valence-corrected chi connectivity index (χ3v) is 3.59. The van der Waals surface area contributed by atoms with Crippen molar-refractivity contribution in [2.24, 2.45) is 5.73 Å². The van der Waals surface area contributed by atoms with E-state index in [0.717, 1.165) is 0 Å². The first kappa shape index (κ1) is 18.5. The number of hydrogen-bond acceptors (Lipinski definition) is 5. The number of halogens is 2. The van der Waals surface area contributed by atoms with Crippen molar-refractivity contribution >= 4 is 35.6 Å². The molecule has 8 heteroatoms. The first-order valence-corrected chi connectivity index (χ1v) is 7.26. The number of ether oxygens (including phenoxy) is 3. The van der Waals surface area contributed by atoms with Gasteiger partial charge < -0.3 is 19.9 Å². The number of aldehydes is 1. The molecule has 22 heavy (non-hydrogen) atoms. The maximum Gasteiger partial charge on any atom is 0.404 e. The standard InChI is InChI=1S/C14H17Cl2NO5/c1-20-8-9(22-14(17)19)3-2-6-21-12-5-4-11(15)13(16)10(12)7-18/h4-5,7,9H,2-3,6,8H2,1H3,(H2,17,19). The number of carbonyl (C=O) groups is 2. The molecule has 1 atom stereocenters. The Labute approximate surface area is 138 Å². The zero-order chi connectivity index (χ0) is 16.5. The van der Waals surface area contributed by atoms with Gasteiger partial charge >= 0.3 is 6.09 Å². The number of methoxy groups -OCH3 is 1. The third-order valence-electron chi connectivity index (χ3n) is 2.77. The summed E-state index contributed by atoms with van der Waals surface area (Å²) in [7, 11) is 1.50. The molecule has 1 aromatic rings. The lowest BCUT2D eigenvalue weighted by molar-refractivity contribution is 0.0364. The average Bonchev–Trinajstić information content (AvgIpc) is 2.46. The minimum atomic E-state index is -0.851. The molecule has 0 aliphatic carbocycles. The predicted molar refractivity (Wildman–Crippen MR) is 82.9 cm³/mol. The summed E-state index contributed by atoms with van der Waals surface area (Å²) in [4.78, 5) is 21.8. The van der Waals surface area contributed by atoms with Gasteiger partial charge in [0.2, 0.25) is 0 Å². The number of amides is 1. The summed E-state index contributed by atoms with van der Waals surface area (Å²) in [6.45, 7) is 0.552. The van der Waals surface area contributed by atoms with Crippen molar-refractivity contribution in [3.63, 3.8) is 0 Å². The molecule has 122 valence electrons. The topological polar surface area (TPSA) is 87.8 Å². The van der Waals surface area contributed by atoms with Crippen LogP contribution in [0.1, 0.15) is 23.2 Å². The third kappa shape index (κ3) is 5.71. The van der Waals surface area contributed by atoms with Crippen LogP contribution in [0.2, 0.25) is 10.0 Å². The van der Waals surface area contributed by atoms with Crippen LogP contribution in [-0.4, -0.2) is 38.8 Å². The van der Waals surface area contributed by atoms with Gasteiger partial charge in [-0.1, -0.05) is 23.2 Å². The molecule has 1 rings (SSSR count). The van der Waals surface area contributed by atoms with E-state index in [1.165, 1.54) is 7.11 Å². The minimum absolute atomic E-state index is 0.156. The molecule has 0 aromatic heterocycles. The number of carbonyl (C=O) groups excluding carboxylic acids is 2. The van der Waals surface area contributed by atoms with Gasteiger partial charge in [0.25, 0.3) is 0 Å². The van der Waals surface area contributed by atoms with Crippen LogP contribution >= 0.6 is 23.2 Å². The highest BCUT2D eigenvalue weighted by Crippen LogP contribution is 2.31. The maximum atomic E-state index is 11.0. The number of hydrogen-bond donors (Lipinski definition) is 1. The van der Waals surface area contributed by atoms with E-state index in [1.807, 2.05) is 0 Å². The number of primary amides is 1. The van der Waals surface area contributed by atoms with E-state index in [2.05, 4.69) is 0 Å². The Morgan fingerprint density at radius 2 is 2.14 bits per heavy atom. The highest BCUT2D eigenvalue weighted by molar-refractivity contribution is 6.43. The van der Waals surface area contributed by atoms with E-state index in [-0.39, 0.29) is 22.2 Å². The fraction of sp³-hybridized carbons (Fsp3) is 0.429. The zero-order valence-electron chi connectivity index (χ0n) is 12.0. The first-order chi connectivity index (χ1) is 10.5. The second-order valence-corrected chi connectivity index (χ2v) is 5.18. The van der Waals surface area contributed by atoms with Crippen molar-refractivity contribution in [1.29, 1.82) is 0 Å². The fourth-order valence-corrected chi connectivity index (χ4v) is 2.17. The molecule has 0 aliphatic rings. The second kappa shape index (κ2) is 9.50. The highest BCUT2D eigenvalue weighted by atomic mass is 35.5. The number of rotatable bonds is 9. The Morgan fingerprint density at radius 3 is 2.73 bits per heavy atom. The predicted octanol–water partition coefficient (Wildman–Crippen LogP) is 3.08. The Hall–Kier alpha value is -1.50. The van der Waals surface area contributed by atoms with Crippen LogP contribution in [0.3, 0.4) is 0 Å². The van der Waals surface area contributed by atoms with Crippen LogP contribution in [0.15, 0.2) is 12.1 Å². The van der Waals surface area contributed by atoms with E-state index in [1.54, 1.807) is 12.1 Å². The van der Waals surface area contributed by atoms with Crippen molar-refractivity contribution in [1.82, 2.24) is 0 Å². The van der Waals surface area contributed by atoms with Crippen molar-refractivity contribution in [2.75, 3.05) is 20.3 Å². The molecule has 0 fully saturated rings. The van der Waals surface area contributed by atoms with Crippen molar-refractivity contribution in [3.05, 3.63) is 27.7 Å². The molecule has 1 amide bonds. The lowest BCUT2D eigenvalue weighted by Gasteiger charge is -2.16. The van der Waals surface area contributed by atoms with Gasteiger partial charge in [-0.15, -0.1) is 0 Å². The van der Waals surface area contributed by atoms with E-state index >= 15 is 0 Å². The van der Waals surface area contributed by atoms with Gasteiger partial charge in [-0.3, -0.25) is 4.79 Å². The Kier molecular flexibility index (Phi) is 8.01. The van der Waals surface area contributed by atoms with E-state index in [0.29, 0.717) is 31.5 Å². The largest absolute Gasteiger partial charge is 0.493 e. The average molecular weight is 350 g/mol. The zero-order valence-corrected chi connectivity index (χ0v) is 13.5. The van der Waals surface area contributed by atoms with E-state index in [4.69, 9.17) is 43.1 Å². The monoisotopic (exact) mass is 349 g/mol. The molecule has 0 spiro atoms. The van der Waals surface area contributed by atoms with Crippen molar-refractivity contribution in [2.45, 2.75) is 18.9 Å². The lowest BCUT2D eigenvalue weighted by atomic mass is 10.2. The van der Waals surface area contributed by atoms with Gasteiger partial charge in [0, 0.05) is 7.11 Å². The molecular formula is C14H17Cl2NO5. The molecule has 0 bridgehead atoms. The smallest absolute Gasteiger partial charge is 0.404 e. The van der Waals surface area contributed by atoms with E-state index in [9.17, 15) is 9.59 Å². The molecule has 0 heterocycles. The SMILES string of the molecule is COCC(CCCOc1ccc(Cl)c(Cl)c1C=O)OC(N)=O. The maximum absolute atomic E-state index is 11.0. The van der Waals surface area contributed by atoms with Crippen molar-refractivity contribution < 1.29 is 23.8 Å². The van der Waals surface area contributed by atoms with Crippen LogP contribution in [0.25, 0.3) is 0 Å². The van der Waals surface area contributed by atoms with Gasteiger partial charge in [0.05, 0.1) is 28.8 Å². The molecule has 1 unspecified atom stereocenters. The normalized spacial score (nSPS) is 11.8. The molecule has 2 N–H and O–H groups in total. The summed E-state index contributed by atoms with van der Waals surface area (Å²) in [5, 5.41) is 0.439. The molecule has 1 aromatic carbocycles. The van der Waals surface area contributed by atoms with Crippen LogP contribution < -0.4 is 10.5 Å². The molecule has 0 radical (unpaired) electrons. The molecule has 6 nitrogen and oxygen atoms in total. The van der Waals surface area contributed by atoms with Crippen LogP contribution in [0.5, 0.6) is 5.75 Å². The number of nitrogens with two attached hydrogens (primary N) is 1. The molecule has 0 aliphatic heterocycles. The first-order valence-electron chi connectivity index (χ1n) is 6.50. The Morgan fingerprint density at radius 1 is 1.41 bits per heavy atom. The molecule has 0 saturated carbocycles. The lowest BCUT2D eigenvalue weighted by Crippen LogP contribution is -2.27. The molecular weight excluding hydrogens is 333 g/mol. The summed E-state index contributed by atoms with van der Waals surface area (Å²) in [5.41, 5.74) is 5.18. The summed E-state index contributed by atoms with van der Waals surface area (Å²) < 4.78 is 15.3. The van der Waals surface area contributed by atoms with Gasteiger partial charge in [-0.25, -0.2) is 4.79 Å². The van der Waals surface area contributed by atoms with Crippen LogP contribution in [0.4, 0.5) is 4.79 Å². The number of benzene rings is 1. The summed E-state index contributed by atoms with van der Waals surface area (Å²) in [6, 6.07) is 3.13. The van der Waals surface area contributed by atoms with Gasteiger partial charge in [-0.05, 0) is 25.0 Å². The second-order valence-electron chi connectivity index (χ2n) is 4.40. The van der Waals surface area contributed by atoms with Crippen LogP contribution in [0, 0.1) is 0 Å². The van der Waals surface area contributed by atoms with Crippen molar-refractivity contribution in [3.8, 4) is 5.75 Å². The van der Waals surface area contributed by atoms with Gasteiger partial charge in [0.1, 0.15) is 11.9 Å². The summed E-state index contributed by atoms with van der Waals surface area (Å²) in [5.74, 6) is 0.350. The van der Waals surface area contributed by atoms with E-state index < -0.39 is 12.2 Å². The Balaban J connectivity index is 2.52.